The zero-order chi connectivity index (χ0) is 14.7. The maximum atomic E-state index is 13.4. The van der Waals surface area contributed by atoms with Gasteiger partial charge in [-0.15, -0.1) is 0 Å². The van der Waals surface area contributed by atoms with Crippen molar-refractivity contribution in [1.82, 2.24) is 9.97 Å². The summed E-state index contributed by atoms with van der Waals surface area (Å²) in [7, 11) is 0. The third-order valence-corrected chi connectivity index (χ3v) is 3.15. The van der Waals surface area contributed by atoms with Crippen LogP contribution in [0.4, 0.5) is 20.4 Å². The first kappa shape index (κ1) is 14.2. The molecule has 1 aromatic heterocycles. The van der Waals surface area contributed by atoms with Crippen molar-refractivity contribution in [2.75, 3.05) is 17.2 Å². The molecule has 104 valence electrons. The third kappa shape index (κ3) is 3.41. The first-order chi connectivity index (χ1) is 9.45. The molecule has 0 spiro atoms. The van der Waals surface area contributed by atoms with E-state index < -0.39 is 17.4 Å². The van der Waals surface area contributed by atoms with Gasteiger partial charge in [-0.3, -0.25) is 4.79 Å². The van der Waals surface area contributed by atoms with E-state index >= 15 is 0 Å². The van der Waals surface area contributed by atoms with E-state index in [2.05, 4.69) is 9.97 Å². The molecule has 2 aromatic rings. The normalized spacial score (nSPS) is 10.5. The van der Waals surface area contributed by atoms with Gasteiger partial charge < -0.3 is 11.5 Å². The lowest BCUT2D eigenvalue weighted by molar-refractivity contribution is 0.101. The summed E-state index contributed by atoms with van der Waals surface area (Å²) in [6.07, 6.45) is 0. The fraction of sp³-hybridized carbons (Fsp3) is 0.0833. The number of rotatable bonds is 4. The molecule has 2 rings (SSSR count). The summed E-state index contributed by atoms with van der Waals surface area (Å²) >= 11 is 0.945. The van der Waals surface area contributed by atoms with Crippen molar-refractivity contribution in [3.05, 3.63) is 41.5 Å². The van der Waals surface area contributed by atoms with Crippen LogP contribution in [0.15, 0.2) is 29.4 Å². The number of carbonyl (C=O) groups excluding carboxylic acids is 1. The number of benzene rings is 1. The van der Waals surface area contributed by atoms with Gasteiger partial charge in [-0.05, 0) is 18.2 Å². The Labute approximate surface area is 117 Å². The minimum Gasteiger partial charge on any atom is -0.383 e. The van der Waals surface area contributed by atoms with Gasteiger partial charge >= 0.3 is 0 Å². The van der Waals surface area contributed by atoms with Gasteiger partial charge in [0, 0.05) is 6.07 Å². The number of carbonyl (C=O) groups is 1. The molecule has 0 unspecified atom stereocenters. The Balaban J connectivity index is 2.10. The van der Waals surface area contributed by atoms with E-state index in [1.54, 1.807) is 0 Å². The summed E-state index contributed by atoms with van der Waals surface area (Å²) in [5, 5.41) is 0.202. The maximum Gasteiger partial charge on any atom is 0.191 e. The Bertz CT molecular complexity index is 646. The second-order valence-corrected chi connectivity index (χ2v) is 4.78. The van der Waals surface area contributed by atoms with Crippen LogP contribution in [0.2, 0.25) is 0 Å². The van der Waals surface area contributed by atoms with Gasteiger partial charge in [0.15, 0.2) is 10.9 Å². The predicted octanol–water partition coefficient (Wildman–Crippen LogP) is 1.89. The molecule has 0 aliphatic rings. The van der Waals surface area contributed by atoms with Crippen LogP contribution in [-0.2, 0) is 0 Å². The minimum absolute atomic E-state index is 0.150. The quantitative estimate of drug-likeness (QED) is 0.508. The van der Waals surface area contributed by atoms with E-state index in [1.807, 2.05) is 0 Å². The molecule has 0 saturated heterocycles. The lowest BCUT2D eigenvalue weighted by Gasteiger charge is -2.04. The summed E-state index contributed by atoms with van der Waals surface area (Å²) in [5.74, 6) is -1.83. The Morgan fingerprint density at radius 1 is 1.15 bits per heavy atom. The molecule has 1 heterocycles. The number of halogens is 2. The second kappa shape index (κ2) is 5.83. The summed E-state index contributed by atoms with van der Waals surface area (Å²) in [6.45, 7) is 0. The third-order valence-electron chi connectivity index (χ3n) is 2.31. The van der Waals surface area contributed by atoms with Crippen molar-refractivity contribution in [3.63, 3.8) is 0 Å². The number of aromatic nitrogens is 2. The zero-order valence-corrected chi connectivity index (χ0v) is 11.0. The van der Waals surface area contributed by atoms with Crippen LogP contribution < -0.4 is 11.5 Å². The molecular weight excluding hydrogens is 286 g/mol. The van der Waals surface area contributed by atoms with Gasteiger partial charge in [-0.25, -0.2) is 18.7 Å². The highest BCUT2D eigenvalue weighted by Crippen LogP contribution is 2.19. The van der Waals surface area contributed by atoms with Crippen LogP contribution in [0, 0.1) is 11.6 Å². The Kier molecular flexibility index (Phi) is 4.14. The summed E-state index contributed by atoms with van der Waals surface area (Å²) < 4.78 is 26.4. The SMILES string of the molecule is Nc1cc(N)nc(SCC(=O)c2cc(F)ccc2F)n1. The van der Waals surface area contributed by atoms with E-state index in [4.69, 9.17) is 11.5 Å². The number of nitrogen functional groups attached to an aromatic ring is 2. The minimum atomic E-state index is -0.773. The van der Waals surface area contributed by atoms with Gasteiger partial charge in [-0.2, -0.15) is 0 Å². The average Bonchev–Trinajstić information content (AvgIpc) is 2.38. The standard InChI is InChI=1S/C12H10F2N4OS/c13-6-1-2-8(14)7(3-6)9(19)5-20-12-17-10(15)4-11(16)18-12/h1-4H,5H2,(H4,15,16,17,18). The van der Waals surface area contributed by atoms with E-state index in [0.29, 0.717) is 0 Å². The molecule has 0 aliphatic heterocycles. The molecule has 0 saturated carbocycles. The summed E-state index contributed by atoms with van der Waals surface area (Å²) in [4.78, 5) is 19.6. The van der Waals surface area contributed by atoms with E-state index in [1.165, 1.54) is 6.07 Å². The maximum absolute atomic E-state index is 13.4. The van der Waals surface area contributed by atoms with Crippen LogP contribution in [0.5, 0.6) is 0 Å². The lowest BCUT2D eigenvalue weighted by atomic mass is 10.1. The number of nitrogens with two attached hydrogens (primary N) is 2. The zero-order valence-electron chi connectivity index (χ0n) is 10.1. The molecule has 1 aromatic carbocycles. The lowest BCUT2D eigenvalue weighted by Crippen LogP contribution is -2.07. The fourth-order valence-electron chi connectivity index (χ4n) is 1.45. The van der Waals surface area contributed by atoms with Gasteiger partial charge in [0.25, 0.3) is 0 Å². The van der Waals surface area contributed by atoms with Crippen LogP contribution in [-0.4, -0.2) is 21.5 Å². The number of hydrogen-bond donors (Lipinski definition) is 2. The Hall–Kier alpha value is -2.22. The van der Waals surface area contributed by atoms with Gasteiger partial charge in [-0.1, -0.05) is 11.8 Å². The molecule has 20 heavy (non-hydrogen) atoms. The first-order valence-electron chi connectivity index (χ1n) is 5.47. The highest BCUT2D eigenvalue weighted by molar-refractivity contribution is 7.99. The number of anilines is 2. The molecule has 8 heteroatoms. The highest BCUT2D eigenvalue weighted by atomic mass is 32.2. The van der Waals surface area contributed by atoms with Crippen LogP contribution in [0.3, 0.4) is 0 Å². The molecule has 4 N–H and O–H groups in total. The van der Waals surface area contributed by atoms with Crippen molar-refractivity contribution < 1.29 is 13.6 Å². The number of Topliss-reactive ketones (excluding diaryl/α,β-unsaturated/α-hetero) is 1. The molecule has 5 nitrogen and oxygen atoms in total. The molecule has 0 amide bonds. The molecule has 0 fully saturated rings. The predicted molar refractivity (Wildman–Crippen MR) is 72.3 cm³/mol. The summed E-state index contributed by atoms with van der Waals surface area (Å²) in [6, 6.07) is 4.08. The van der Waals surface area contributed by atoms with Crippen molar-refractivity contribution in [3.8, 4) is 0 Å². The first-order valence-corrected chi connectivity index (χ1v) is 6.45. The van der Waals surface area contributed by atoms with Crippen LogP contribution in [0.25, 0.3) is 0 Å². The average molecular weight is 296 g/mol. The van der Waals surface area contributed by atoms with Gasteiger partial charge in [0.2, 0.25) is 0 Å². The van der Waals surface area contributed by atoms with E-state index in [0.717, 1.165) is 30.0 Å². The van der Waals surface area contributed by atoms with Crippen molar-refractivity contribution in [2.45, 2.75) is 5.16 Å². The summed E-state index contributed by atoms with van der Waals surface area (Å²) in [5.41, 5.74) is 10.7. The Morgan fingerprint density at radius 3 is 2.45 bits per heavy atom. The van der Waals surface area contributed by atoms with Crippen molar-refractivity contribution >= 4 is 29.2 Å². The fourth-order valence-corrected chi connectivity index (χ4v) is 2.20. The smallest absolute Gasteiger partial charge is 0.191 e. The molecule has 0 aliphatic carbocycles. The Morgan fingerprint density at radius 2 is 1.80 bits per heavy atom. The molecule has 0 radical (unpaired) electrons. The van der Waals surface area contributed by atoms with E-state index in [-0.39, 0.29) is 28.1 Å². The number of hydrogen-bond acceptors (Lipinski definition) is 6. The molecule has 0 atom stereocenters. The molecular formula is C12H10F2N4OS. The van der Waals surface area contributed by atoms with Gasteiger partial charge in [0.1, 0.15) is 23.3 Å². The second-order valence-electron chi connectivity index (χ2n) is 3.84. The van der Waals surface area contributed by atoms with E-state index in [9.17, 15) is 13.6 Å². The largest absolute Gasteiger partial charge is 0.383 e. The highest BCUT2D eigenvalue weighted by Gasteiger charge is 2.14. The number of thioether (sulfide) groups is 1. The van der Waals surface area contributed by atoms with Crippen molar-refractivity contribution in [2.24, 2.45) is 0 Å². The van der Waals surface area contributed by atoms with Crippen molar-refractivity contribution in [1.29, 1.82) is 0 Å². The molecule has 0 bridgehead atoms. The van der Waals surface area contributed by atoms with Gasteiger partial charge in [0.05, 0.1) is 11.3 Å². The monoisotopic (exact) mass is 296 g/mol. The number of ketones is 1. The number of nitrogens with zero attached hydrogens (tertiary/aromatic N) is 2. The topological polar surface area (TPSA) is 94.9 Å². The van der Waals surface area contributed by atoms with Crippen LogP contribution in [0.1, 0.15) is 10.4 Å². The van der Waals surface area contributed by atoms with Crippen LogP contribution >= 0.6 is 11.8 Å².